The third-order valence-corrected chi connectivity index (χ3v) is 3.80. The van der Waals surface area contributed by atoms with Crippen LogP contribution in [0, 0.1) is 0 Å². The van der Waals surface area contributed by atoms with Crippen LogP contribution in [-0.4, -0.2) is 35.4 Å². The summed E-state index contributed by atoms with van der Waals surface area (Å²) in [5, 5.41) is 9.20. The van der Waals surface area contributed by atoms with Gasteiger partial charge in [-0.15, -0.1) is 11.8 Å². The van der Waals surface area contributed by atoms with Gasteiger partial charge in [-0.2, -0.15) is 0 Å². The van der Waals surface area contributed by atoms with Gasteiger partial charge in [-0.25, -0.2) is 0 Å². The molecule has 0 unspecified atom stereocenters. The van der Waals surface area contributed by atoms with Crippen LogP contribution >= 0.6 is 11.8 Å². The van der Waals surface area contributed by atoms with E-state index in [0.29, 0.717) is 0 Å². The molecule has 0 aliphatic carbocycles. The summed E-state index contributed by atoms with van der Waals surface area (Å²) in [5.74, 6) is 1.08. The van der Waals surface area contributed by atoms with E-state index >= 15 is 0 Å². The Morgan fingerprint density at radius 2 is 1.88 bits per heavy atom. The Hall–Kier alpha value is -0.510. The van der Waals surface area contributed by atoms with Crippen molar-refractivity contribution in [1.82, 2.24) is 4.90 Å². The number of nitrogens with zero attached hydrogens (tertiary/aromatic N) is 1. The highest BCUT2D eigenvalue weighted by Crippen LogP contribution is 2.22. The van der Waals surface area contributed by atoms with Gasteiger partial charge in [0.15, 0.2) is 0 Å². The van der Waals surface area contributed by atoms with Crippen molar-refractivity contribution in [2.24, 2.45) is 0 Å². The van der Waals surface area contributed by atoms with Crippen LogP contribution in [0.1, 0.15) is 19.4 Å². The quantitative estimate of drug-likeness (QED) is 0.740. The molecule has 0 radical (unpaired) electrons. The van der Waals surface area contributed by atoms with E-state index in [1.165, 1.54) is 4.90 Å². The first-order valence-electron chi connectivity index (χ1n) is 5.85. The molecule has 3 heteroatoms. The molecule has 0 heterocycles. The molecule has 16 heavy (non-hydrogen) atoms. The standard InChI is InChI=1S/C13H21NOS/c1-3-14(4-2)9-10-16-13-8-6-5-7-12(13)11-15/h5-8,15H,3-4,9-11H2,1-2H3. The van der Waals surface area contributed by atoms with Gasteiger partial charge in [-0.1, -0.05) is 32.0 Å². The summed E-state index contributed by atoms with van der Waals surface area (Å²) in [6.45, 7) is 7.84. The summed E-state index contributed by atoms with van der Waals surface area (Å²) in [4.78, 5) is 3.62. The Morgan fingerprint density at radius 1 is 1.19 bits per heavy atom. The van der Waals surface area contributed by atoms with Crippen molar-refractivity contribution in [2.45, 2.75) is 25.3 Å². The van der Waals surface area contributed by atoms with Gasteiger partial charge < -0.3 is 10.0 Å². The lowest BCUT2D eigenvalue weighted by molar-refractivity contribution is 0.279. The lowest BCUT2D eigenvalue weighted by Crippen LogP contribution is -2.25. The Kier molecular flexibility index (Phi) is 6.53. The maximum atomic E-state index is 9.20. The van der Waals surface area contributed by atoms with Crippen LogP contribution in [-0.2, 0) is 6.61 Å². The van der Waals surface area contributed by atoms with Gasteiger partial charge in [0.2, 0.25) is 0 Å². The molecule has 0 saturated carbocycles. The summed E-state index contributed by atoms with van der Waals surface area (Å²) in [6, 6.07) is 8.07. The highest BCUT2D eigenvalue weighted by Gasteiger charge is 2.03. The first-order chi connectivity index (χ1) is 7.81. The van der Waals surface area contributed by atoms with Crippen LogP contribution in [0.15, 0.2) is 29.2 Å². The van der Waals surface area contributed by atoms with Gasteiger partial charge in [-0.3, -0.25) is 0 Å². The summed E-state index contributed by atoms with van der Waals surface area (Å²) in [7, 11) is 0. The lowest BCUT2D eigenvalue weighted by Gasteiger charge is -2.17. The Labute approximate surface area is 103 Å². The molecule has 0 fully saturated rings. The van der Waals surface area contributed by atoms with Crippen molar-refractivity contribution >= 4 is 11.8 Å². The molecular formula is C13H21NOS. The molecule has 0 aliphatic rings. The van der Waals surface area contributed by atoms with Crippen molar-refractivity contribution in [2.75, 3.05) is 25.4 Å². The van der Waals surface area contributed by atoms with E-state index in [9.17, 15) is 5.11 Å². The number of aliphatic hydroxyl groups is 1. The first kappa shape index (κ1) is 13.6. The fourth-order valence-corrected chi connectivity index (χ4v) is 2.66. The number of benzene rings is 1. The van der Waals surface area contributed by atoms with Gasteiger partial charge in [0.05, 0.1) is 6.61 Å². The predicted octanol–water partition coefficient (Wildman–Crippen LogP) is 2.61. The lowest BCUT2D eigenvalue weighted by atomic mass is 10.2. The van der Waals surface area contributed by atoms with Crippen molar-refractivity contribution < 1.29 is 5.11 Å². The van der Waals surface area contributed by atoms with E-state index in [-0.39, 0.29) is 6.61 Å². The molecule has 0 atom stereocenters. The molecule has 1 rings (SSSR count). The zero-order valence-electron chi connectivity index (χ0n) is 10.1. The van der Waals surface area contributed by atoms with Crippen LogP contribution in [0.25, 0.3) is 0 Å². The van der Waals surface area contributed by atoms with E-state index in [2.05, 4.69) is 24.8 Å². The fourth-order valence-electron chi connectivity index (χ4n) is 1.60. The molecule has 0 aliphatic heterocycles. The van der Waals surface area contributed by atoms with E-state index in [1.807, 2.05) is 30.0 Å². The minimum absolute atomic E-state index is 0.133. The first-order valence-corrected chi connectivity index (χ1v) is 6.84. The van der Waals surface area contributed by atoms with Crippen LogP contribution in [0.2, 0.25) is 0 Å². The molecule has 2 nitrogen and oxygen atoms in total. The molecule has 0 spiro atoms. The number of thioether (sulfide) groups is 1. The summed E-state index contributed by atoms with van der Waals surface area (Å²) < 4.78 is 0. The van der Waals surface area contributed by atoms with Gasteiger partial charge in [0.1, 0.15) is 0 Å². The maximum absolute atomic E-state index is 9.20. The van der Waals surface area contributed by atoms with Crippen molar-refractivity contribution in [3.8, 4) is 0 Å². The highest BCUT2D eigenvalue weighted by molar-refractivity contribution is 7.99. The number of hydrogen-bond acceptors (Lipinski definition) is 3. The SMILES string of the molecule is CCN(CC)CCSc1ccccc1CO. The number of aliphatic hydroxyl groups excluding tert-OH is 1. The van der Waals surface area contributed by atoms with Crippen molar-refractivity contribution in [3.63, 3.8) is 0 Å². The molecule has 90 valence electrons. The van der Waals surface area contributed by atoms with Gasteiger partial charge in [-0.05, 0) is 24.7 Å². The zero-order chi connectivity index (χ0) is 11.8. The molecule has 0 amide bonds. The largest absolute Gasteiger partial charge is 0.392 e. The van der Waals surface area contributed by atoms with Crippen LogP contribution < -0.4 is 0 Å². The Balaban J connectivity index is 2.42. The number of rotatable bonds is 7. The van der Waals surface area contributed by atoms with Crippen molar-refractivity contribution in [3.05, 3.63) is 29.8 Å². The molecule has 1 N–H and O–H groups in total. The Bertz CT molecular complexity index is 300. The van der Waals surface area contributed by atoms with E-state index < -0.39 is 0 Å². The van der Waals surface area contributed by atoms with E-state index in [1.54, 1.807) is 0 Å². The maximum Gasteiger partial charge on any atom is 0.0692 e. The minimum Gasteiger partial charge on any atom is -0.392 e. The zero-order valence-corrected chi connectivity index (χ0v) is 11.0. The second kappa shape index (κ2) is 7.71. The molecule has 0 aromatic heterocycles. The van der Waals surface area contributed by atoms with Crippen LogP contribution in [0.5, 0.6) is 0 Å². The van der Waals surface area contributed by atoms with Gasteiger partial charge in [0, 0.05) is 17.2 Å². The summed E-state index contributed by atoms with van der Waals surface area (Å²) in [6.07, 6.45) is 0. The van der Waals surface area contributed by atoms with Gasteiger partial charge in [0.25, 0.3) is 0 Å². The fraction of sp³-hybridized carbons (Fsp3) is 0.538. The second-order valence-electron chi connectivity index (χ2n) is 3.64. The van der Waals surface area contributed by atoms with Gasteiger partial charge >= 0.3 is 0 Å². The molecule has 0 bridgehead atoms. The summed E-state index contributed by atoms with van der Waals surface area (Å²) in [5.41, 5.74) is 1.03. The second-order valence-corrected chi connectivity index (χ2v) is 4.78. The third-order valence-electron chi connectivity index (χ3n) is 2.70. The monoisotopic (exact) mass is 239 g/mol. The predicted molar refractivity (Wildman–Crippen MR) is 70.9 cm³/mol. The molecule has 1 aromatic carbocycles. The molecule has 0 saturated heterocycles. The van der Waals surface area contributed by atoms with E-state index in [4.69, 9.17) is 0 Å². The highest BCUT2D eigenvalue weighted by atomic mass is 32.2. The minimum atomic E-state index is 0.133. The topological polar surface area (TPSA) is 23.5 Å². The number of hydrogen-bond donors (Lipinski definition) is 1. The van der Waals surface area contributed by atoms with E-state index in [0.717, 1.165) is 31.0 Å². The van der Waals surface area contributed by atoms with Crippen LogP contribution in [0.4, 0.5) is 0 Å². The average Bonchev–Trinajstić information content (AvgIpc) is 2.35. The Morgan fingerprint density at radius 3 is 2.50 bits per heavy atom. The molecule has 1 aromatic rings. The average molecular weight is 239 g/mol. The third kappa shape index (κ3) is 4.16. The van der Waals surface area contributed by atoms with Crippen LogP contribution in [0.3, 0.4) is 0 Å². The molecular weight excluding hydrogens is 218 g/mol. The normalized spacial score (nSPS) is 11.0. The smallest absolute Gasteiger partial charge is 0.0692 e. The van der Waals surface area contributed by atoms with Crippen molar-refractivity contribution in [1.29, 1.82) is 0 Å². The summed E-state index contributed by atoms with van der Waals surface area (Å²) >= 11 is 1.83.